The summed E-state index contributed by atoms with van der Waals surface area (Å²) in [6.07, 6.45) is 10.2. The van der Waals surface area contributed by atoms with Crippen molar-refractivity contribution in [1.82, 2.24) is 19.9 Å². The third-order valence-corrected chi connectivity index (χ3v) is 3.22. The van der Waals surface area contributed by atoms with Crippen molar-refractivity contribution in [2.24, 2.45) is 0 Å². The van der Waals surface area contributed by atoms with Crippen LogP contribution in [-0.2, 0) is 0 Å². The monoisotopic (exact) mass is 242 g/mol. The smallest absolute Gasteiger partial charge is 0.270 e. The lowest BCUT2D eigenvalue weighted by molar-refractivity contribution is 0.0912. The van der Waals surface area contributed by atoms with Crippen molar-refractivity contribution in [3.8, 4) is 5.69 Å². The highest BCUT2D eigenvalue weighted by molar-refractivity contribution is 5.93. The van der Waals surface area contributed by atoms with E-state index >= 15 is 0 Å². The number of amides is 1. The second-order valence-corrected chi connectivity index (χ2v) is 4.47. The average molecular weight is 242 g/mol. The summed E-state index contributed by atoms with van der Waals surface area (Å²) in [7, 11) is 0. The first-order valence-corrected chi connectivity index (χ1v) is 6.08. The molecule has 0 atom stereocenters. The number of pyridine rings is 1. The van der Waals surface area contributed by atoms with Gasteiger partial charge < -0.3 is 9.88 Å². The SMILES string of the molecule is O=C(NC1CCC1)c1cc(-n2ccnc2)ccn1. The quantitative estimate of drug-likeness (QED) is 0.888. The van der Waals surface area contributed by atoms with E-state index < -0.39 is 0 Å². The van der Waals surface area contributed by atoms with Gasteiger partial charge in [0.15, 0.2) is 0 Å². The molecule has 18 heavy (non-hydrogen) atoms. The predicted octanol–water partition coefficient (Wildman–Crippen LogP) is 1.55. The molecule has 0 unspecified atom stereocenters. The lowest BCUT2D eigenvalue weighted by Crippen LogP contribution is -2.39. The minimum absolute atomic E-state index is 0.0957. The summed E-state index contributed by atoms with van der Waals surface area (Å²) in [6.45, 7) is 0. The van der Waals surface area contributed by atoms with Gasteiger partial charge in [-0.25, -0.2) is 4.98 Å². The van der Waals surface area contributed by atoms with Gasteiger partial charge in [0, 0.05) is 24.6 Å². The largest absolute Gasteiger partial charge is 0.348 e. The summed E-state index contributed by atoms with van der Waals surface area (Å²) < 4.78 is 1.85. The highest BCUT2D eigenvalue weighted by atomic mass is 16.1. The number of imidazole rings is 1. The molecule has 1 aliphatic carbocycles. The van der Waals surface area contributed by atoms with E-state index in [4.69, 9.17) is 0 Å². The summed E-state index contributed by atoms with van der Waals surface area (Å²) >= 11 is 0. The van der Waals surface area contributed by atoms with Crippen LogP contribution in [0.2, 0.25) is 0 Å². The number of hydrogen-bond acceptors (Lipinski definition) is 3. The Morgan fingerprint density at radius 2 is 2.28 bits per heavy atom. The van der Waals surface area contributed by atoms with Gasteiger partial charge in [-0.2, -0.15) is 0 Å². The van der Waals surface area contributed by atoms with Crippen molar-refractivity contribution in [2.75, 3.05) is 0 Å². The Bertz CT molecular complexity index is 546. The Morgan fingerprint density at radius 1 is 1.39 bits per heavy atom. The van der Waals surface area contributed by atoms with Crippen LogP contribution in [-0.4, -0.2) is 26.5 Å². The lowest BCUT2D eigenvalue weighted by Gasteiger charge is -2.26. The maximum absolute atomic E-state index is 12.0. The molecule has 5 heteroatoms. The molecular formula is C13H14N4O. The standard InChI is InChI=1S/C13H14N4O/c18-13(16-10-2-1-3-10)12-8-11(4-5-15-12)17-7-6-14-9-17/h4-10H,1-3H2,(H,16,18). The average Bonchev–Trinajstić information content (AvgIpc) is 2.87. The normalized spacial score (nSPS) is 15.1. The Hall–Kier alpha value is -2.17. The van der Waals surface area contributed by atoms with E-state index in [1.807, 2.05) is 16.8 Å². The summed E-state index contributed by atoms with van der Waals surface area (Å²) in [5.41, 5.74) is 1.34. The number of aromatic nitrogens is 3. The molecule has 1 saturated carbocycles. The van der Waals surface area contributed by atoms with Gasteiger partial charge in [0.05, 0.1) is 12.0 Å². The van der Waals surface area contributed by atoms with Crippen molar-refractivity contribution in [3.63, 3.8) is 0 Å². The molecule has 0 spiro atoms. The van der Waals surface area contributed by atoms with Crippen molar-refractivity contribution in [3.05, 3.63) is 42.7 Å². The third-order valence-electron chi connectivity index (χ3n) is 3.22. The lowest BCUT2D eigenvalue weighted by atomic mass is 9.93. The molecule has 2 heterocycles. The van der Waals surface area contributed by atoms with Gasteiger partial charge >= 0.3 is 0 Å². The van der Waals surface area contributed by atoms with E-state index in [0.717, 1.165) is 18.5 Å². The molecule has 0 radical (unpaired) electrons. The zero-order valence-corrected chi connectivity index (χ0v) is 9.91. The molecule has 0 aliphatic heterocycles. The van der Waals surface area contributed by atoms with Crippen LogP contribution in [0.25, 0.3) is 5.69 Å². The Balaban J connectivity index is 1.79. The zero-order valence-electron chi connectivity index (χ0n) is 9.91. The zero-order chi connectivity index (χ0) is 12.4. The molecule has 1 amide bonds. The van der Waals surface area contributed by atoms with Crippen LogP contribution in [0.3, 0.4) is 0 Å². The van der Waals surface area contributed by atoms with E-state index in [9.17, 15) is 4.79 Å². The molecule has 92 valence electrons. The number of hydrogen-bond donors (Lipinski definition) is 1. The Morgan fingerprint density at radius 3 is 2.94 bits per heavy atom. The van der Waals surface area contributed by atoms with Gasteiger partial charge in [-0.05, 0) is 31.4 Å². The van der Waals surface area contributed by atoms with E-state index in [-0.39, 0.29) is 5.91 Å². The second-order valence-electron chi connectivity index (χ2n) is 4.47. The van der Waals surface area contributed by atoms with Gasteiger partial charge in [-0.15, -0.1) is 0 Å². The van der Waals surface area contributed by atoms with Gasteiger partial charge in [0.1, 0.15) is 5.69 Å². The summed E-state index contributed by atoms with van der Waals surface area (Å²) in [5, 5.41) is 2.98. The highest BCUT2D eigenvalue weighted by Gasteiger charge is 2.20. The van der Waals surface area contributed by atoms with E-state index in [0.29, 0.717) is 11.7 Å². The second kappa shape index (κ2) is 4.60. The number of nitrogens with one attached hydrogen (secondary N) is 1. The molecule has 3 rings (SSSR count). The van der Waals surface area contributed by atoms with Crippen LogP contribution >= 0.6 is 0 Å². The first kappa shape index (κ1) is 11.0. The van der Waals surface area contributed by atoms with Crippen molar-refractivity contribution >= 4 is 5.91 Å². The highest BCUT2D eigenvalue weighted by Crippen LogP contribution is 2.18. The molecule has 5 nitrogen and oxygen atoms in total. The van der Waals surface area contributed by atoms with Crippen molar-refractivity contribution in [2.45, 2.75) is 25.3 Å². The first-order valence-electron chi connectivity index (χ1n) is 6.08. The van der Waals surface area contributed by atoms with Crippen LogP contribution < -0.4 is 5.32 Å². The number of carbonyl (C=O) groups excluding carboxylic acids is 1. The molecule has 2 aromatic heterocycles. The Kier molecular flexibility index (Phi) is 2.80. The van der Waals surface area contributed by atoms with Crippen LogP contribution in [0.5, 0.6) is 0 Å². The maximum atomic E-state index is 12.0. The molecule has 1 fully saturated rings. The van der Waals surface area contributed by atoms with Crippen molar-refractivity contribution < 1.29 is 4.79 Å². The van der Waals surface area contributed by atoms with Gasteiger partial charge in [0.2, 0.25) is 0 Å². The molecule has 1 aliphatic rings. The maximum Gasteiger partial charge on any atom is 0.270 e. The minimum atomic E-state index is -0.0957. The number of carbonyl (C=O) groups is 1. The van der Waals surface area contributed by atoms with Gasteiger partial charge in [-0.3, -0.25) is 9.78 Å². The minimum Gasteiger partial charge on any atom is -0.348 e. The van der Waals surface area contributed by atoms with Crippen molar-refractivity contribution in [1.29, 1.82) is 0 Å². The van der Waals surface area contributed by atoms with Crippen LogP contribution in [0.15, 0.2) is 37.1 Å². The van der Waals surface area contributed by atoms with Crippen LogP contribution in [0.4, 0.5) is 0 Å². The van der Waals surface area contributed by atoms with Gasteiger partial charge in [-0.1, -0.05) is 0 Å². The molecule has 0 saturated heterocycles. The number of rotatable bonds is 3. The first-order chi connectivity index (χ1) is 8.83. The summed E-state index contributed by atoms with van der Waals surface area (Å²) in [6, 6.07) is 3.95. The van der Waals surface area contributed by atoms with Gasteiger partial charge in [0.25, 0.3) is 5.91 Å². The molecule has 0 bridgehead atoms. The fraction of sp³-hybridized carbons (Fsp3) is 0.308. The molecule has 0 aromatic carbocycles. The fourth-order valence-corrected chi connectivity index (χ4v) is 1.93. The van der Waals surface area contributed by atoms with Crippen LogP contribution in [0.1, 0.15) is 29.8 Å². The number of nitrogens with zero attached hydrogens (tertiary/aromatic N) is 3. The van der Waals surface area contributed by atoms with Crippen LogP contribution in [0, 0.1) is 0 Å². The van der Waals surface area contributed by atoms with E-state index in [1.54, 1.807) is 24.8 Å². The summed E-state index contributed by atoms with van der Waals surface area (Å²) in [5.74, 6) is -0.0957. The summed E-state index contributed by atoms with van der Waals surface area (Å²) in [4.78, 5) is 20.1. The van der Waals surface area contributed by atoms with E-state index in [1.165, 1.54) is 6.42 Å². The Labute approximate surface area is 105 Å². The molecule has 2 aromatic rings. The fourth-order valence-electron chi connectivity index (χ4n) is 1.93. The third kappa shape index (κ3) is 2.11. The topological polar surface area (TPSA) is 59.8 Å². The molecule has 1 N–H and O–H groups in total. The van der Waals surface area contributed by atoms with E-state index in [2.05, 4.69) is 15.3 Å². The predicted molar refractivity (Wildman–Crippen MR) is 66.5 cm³/mol. The molecular weight excluding hydrogens is 228 g/mol.